The number of aromatic amines is 1. The number of hydrogen-bond acceptors (Lipinski definition) is 0. The summed E-state index contributed by atoms with van der Waals surface area (Å²) >= 11 is 0. The topological polar surface area (TPSA) is 19.7 Å². The molecule has 2 aliphatic heterocycles. The fraction of sp³-hybridized carbons (Fsp3) is 0.118. The molecule has 0 unspecified atom stereocenters. The zero-order valence-electron chi connectivity index (χ0n) is 10.6. The molecule has 92 valence electrons. The third-order valence-electron chi connectivity index (χ3n) is 3.81. The minimum atomic E-state index is 1.06. The van der Waals surface area contributed by atoms with Gasteiger partial charge in [0, 0.05) is 40.4 Å². The van der Waals surface area contributed by atoms with Crippen LogP contribution < -0.4 is 4.57 Å². The van der Waals surface area contributed by atoms with Gasteiger partial charge in [0.2, 0.25) is 0 Å². The number of rotatable bonds is 0. The molecule has 0 aliphatic carbocycles. The lowest BCUT2D eigenvalue weighted by Crippen LogP contribution is -2.34. The average Bonchev–Trinajstić information content (AvgIpc) is 2.83. The quantitative estimate of drug-likeness (QED) is 0.588. The fourth-order valence-corrected chi connectivity index (χ4v) is 2.73. The molecule has 1 aromatic carbocycles. The van der Waals surface area contributed by atoms with E-state index in [1.54, 1.807) is 0 Å². The Balaban J connectivity index is 2.18. The monoisotopic (exact) mass is 247 g/mol. The summed E-state index contributed by atoms with van der Waals surface area (Å²) in [5.41, 5.74) is 3.77. The second kappa shape index (κ2) is 4.09. The van der Waals surface area contributed by atoms with Gasteiger partial charge in [0.05, 0.1) is 0 Å². The van der Waals surface area contributed by atoms with Gasteiger partial charge >= 0.3 is 0 Å². The first-order chi connectivity index (χ1) is 9.40. The third kappa shape index (κ3) is 1.76. The van der Waals surface area contributed by atoms with E-state index in [4.69, 9.17) is 0 Å². The molecule has 2 aliphatic rings. The Labute approximate surface area is 111 Å². The van der Waals surface area contributed by atoms with Gasteiger partial charge in [-0.15, -0.1) is 0 Å². The molecule has 2 heteroatoms. The third-order valence-corrected chi connectivity index (χ3v) is 3.81. The van der Waals surface area contributed by atoms with E-state index >= 15 is 0 Å². The van der Waals surface area contributed by atoms with Crippen LogP contribution in [0, 0.1) is 0 Å². The Bertz CT molecular complexity index is 829. The van der Waals surface area contributed by atoms with Crippen molar-refractivity contribution in [1.29, 1.82) is 0 Å². The van der Waals surface area contributed by atoms with Gasteiger partial charge in [-0.3, -0.25) is 0 Å². The summed E-state index contributed by atoms with van der Waals surface area (Å²) in [4.78, 5) is 3.50. The van der Waals surface area contributed by atoms with E-state index in [2.05, 4.69) is 70.5 Å². The van der Waals surface area contributed by atoms with E-state index in [0.29, 0.717) is 0 Å². The summed E-state index contributed by atoms with van der Waals surface area (Å²) in [5.74, 6) is 0. The highest BCUT2D eigenvalue weighted by atomic mass is 14.9. The Hall–Kier alpha value is -2.35. The molecular weight excluding hydrogens is 232 g/mol. The molecule has 0 amide bonds. The van der Waals surface area contributed by atoms with E-state index < -0.39 is 0 Å². The van der Waals surface area contributed by atoms with Gasteiger partial charge in [-0.25, -0.2) is 4.57 Å². The van der Waals surface area contributed by atoms with Crippen LogP contribution >= 0.6 is 0 Å². The number of nitrogens with zero attached hydrogens (tertiary/aromatic N) is 1. The molecule has 1 N–H and O–H groups in total. The van der Waals surface area contributed by atoms with Crippen molar-refractivity contribution in [3.8, 4) is 0 Å². The van der Waals surface area contributed by atoms with E-state index in [1.165, 1.54) is 27.4 Å². The van der Waals surface area contributed by atoms with Crippen LogP contribution in [0.4, 0.5) is 0 Å². The molecule has 0 saturated carbocycles. The maximum Gasteiger partial charge on any atom is 0.169 e. The van der Waals surface area contributed by atoms with Crippen molar-refractivity contribution < 1.29 is 4.57 Å². The summed E-state index contributed by atoms with van der Waals surface area (Å²) in [5, 5.41) is 2.55. The predicted molar refractivity (Wildman–Crippen MR) is 77.3 cm³/mol. The van der Waals surface area contributed by atoms with Crippen molar-refractivity contribution in [2.45, 2.75) is 13.0 Å². The minimum absolute atomic E-state index is 1.06. The maximum atomic E-state index is 3.50. The fourth-order valence-electron chi connectivity index (χ4n) is 2.73. The SMILES string of the molecule is c1ccc2c(c1)[nH]c1ccc3cc[n+](ccc12)CC3. The van der Waals surface area contributed by atoms with E-state index in [0.717, 1.165) is 13.0 Å². The molecule has 2 aromatic heterocycles. The standard InChI is InChI=1S/C17H14N2/c1-2-4-16-14(3-1)15-9-12-19-10-7-13(8-11-19)5-6-17(15)18-16/h1-7,9-10,12H,8,11H2/p+1. The first-order valence-electron chi connectivity index (χ1n) is 6.67. The van der Waals surface area contributed by atoms with Crippen LogP contribution in [0.3, 0.4) is 0 Å². The molecule has 19 heavy (non-hydrogen) atoms. The highest BCUT2D eigenvalue weighted by Gasteiger charge is 2.06. The molecule has 0 atom stereocenters. The molecule has 2 nitrogen and oxygen atoms in total. The van der Waals surface area contributed by atoms with Crippen molar-refractivity contribution >= 4 is 21.8 Å². The zero-order valence-corrected chi connectivity index (χ0v) is 10.6. The van der Waals surface area contributed by atoms with E-state index in [9.17, 15) is 0 Å². The van der Waals surface area contributed by atoms with Crippen molar-refractivity contribution in [1.82, 2.24) is 4.98 Å². The minimum Gasteiger partial charge on any atom is -0.355 e. The van der Waals surface area contributed by atoms with Crippen LogP contribution in [0.25, 0.3) is 21.8 Å². The summed E-state index contributed by atoms with van der Waals surface area (Å²) in [6.45, 7) is 1.06. The van der Waals surface area contributed by atoms with Gasteiger partial charge in [-0.1, -0.05) is 24.3 Å². The molecule has 2 bridgehead atoms. The molecular formula is C17H15N2+. The smallest absolute Gasteiger partial charge is 0.169 e. The molecule has 3 aromatic rings. The normalized spacial score (nSPS) is 12.8. The van der Waals surface area contributed by atoms with Gasteiger partial charge < -0.3 is 4.98 Å². The summed E-state index contributed by atoms with van der Waals surface area (Å²) < 4.78 is 2.24. The van der Waals surface area contributed by atoms with Gasteiger partial charge in [0.25, 0.3) is 0 Å². The number of aryl methyl sites for hydroxylation is 2. The van der Waals surface area contributed by atoms with Crippen LogP contribution in [0.1, 0.15) is 5.56 Å². The van der Waals surface area contributed by atoms with Crippen LogP contribution in [-0.4, -0.2) is 4.98 Å². The van der Waals surface area contributed by atoms with E-state index in [1.807, 2.05) is 0 Å². The second-order valence-electron chi connectivity index (χ2n) is 5.03. The lowest BCUT2D eigenvalue weighted by molar-refractivity contribution is -0.697. The number of para-hydroxylation sites is 1. The molecule has 0 saturated heterocycles. The average molecular weight is 247 g/mol. The molecule has 0 fully saturated rings. The molecule has 0 radical (unpaired) electrons. The lowest BCUT2D eigenvalue weighted by atomic mass is 10.1. The number of benzene rings is 1. The number of fused-ring (bicyclic) bond motifs is 5. The molecule has 0 spiro atoms. The molecule has 4 heterocycles. The van der Waals surface area contributed by atoms with Crippen LogP contribution in [0.5, 0.6) is 0 Å². The highest BCUT2D eigenvalue weighted by Crippen LogP contribution is 2.23. The second-order valence-corrected chi connectivity index (χ2v) is 5.03. The lowest BCUT2D eigenvalue weighted by Gasteiger charge is -2.00. The van der Waals surface area contributed by atoms with Gasteiger partial charge in [-0.2, -0.15) is 0 Å². The summed E-state index contributed by atoms with van der Waals surface area (Å²) in [7, 11) is 0. The van der Waals surface area contributed by atoms with Gasteiger partial charge in [-0.05, 0) is 17.7 Å². The highest BCUT2D eigenvalue weighted by molar-refractivity contribution is 6.06. The van der Waals surface area contributed by atoms with Crippen LogP contribution in [0.2, 0.25) is 0 Å². The van der Waals surface area contributed by atoms with Crippen LogP contribution in [-0.2, 0) is 13.0 Å². The first kappa shape index (κ1) is 10.6. The number of nitrogens with one attached hydrogen (secondary N) is 1. The van der Waals surface area contributed by atoms with Crippen molar-refractivity contribution in [2.75, 3.05) is 0 Å². The number of hydrogen-bond donors (Lipinski definition) is 1. The van der Waals surface area contributed by atoms with Crippen molar-refractivity contribution in [3.63, 3.8) is 0 Å². The predicted octanol–water partition coefficient (Wildman–Crippen LogP) is 3.29. The van der Waals surface area contributed by atoms with Crippen LogP contribution in [0.15, 0.2) is 60.9 Å². The Kier molecular flexibility index (Phi) is 2.27. The van der Waals surface area contributed by atoms with Gasteiger partial charge in [0.1, 0.15) is 0 Å². The maximum absolute atomic E-state index is 3.50. The van der Waals surface area contributed by atoms with Crippen molar-refractivity contribution in [3.05, 3.63) is 66.5 Å². The Morgan fingerprint density at radius 2 is 1.58 bits per heavy atom. The van der Waals surface area contributed by atoms with Gasteiger partial charge in [0.15, 0.2) is 18.9 Å². The first-order valence-corrected chi connectivity index (χ1v) is 6.67. The van der Waals surface area contributed by atoms with Crippen molar-refractivity contribution in [2.24, 2.45) is 0 Å². The zero-order chi connectivity index (χ0) is 12.7. The largest absolute Gasteiger partial charge is 0.355 e. The van der Waals surface area contributed by atoms with E-state index in [-0.39, 0.29) is 0 Å². The summed E-state index contributed by atoms with van der Waals surface area (Å²) in [6.07, 6.45) is 5.43. The molecule has 5 rings (SSSR count). The Morgan fingerprint density at radius 3 is 2.47 bits per heavy atom. The summed E-state index contributed by atoms with van der Waals surface area (Å²) in [6, 6.07) is 17.3. The Morgan fingerprint density at radius 1 is 0.789 bits per heavy atom. The number of H-pyrrole nitrogens is 1. The number of aromatic nitrogens is 2.